The van der Waals surface area contributed by atoms with Crippen LogP contribution in [0.2, 0.25) is 5.02 Å². The maximum atomic E-state index is 13.3. The van der Waals surface area contributed by atoms with Crippen molar-refractivity contribution in [2.24, 2.45) is 5.92 Å². The van der Waals surface area contributed by atoms with Crippen molar-refractivity contribution in [2.75, 3.05) is 5.32 Å². The number of rotatable bonds is 5. The lowest BCUT2D eigenvalue weighted by Gasteiger charge is -2.38. The number of halogens is 7. The largest absolute Gasteiger partial charge is 0.439 e. The van der Waals surface area contributed by atoms with Crippen molar-refractivity contribution in [1.82, 2.24) is 10.3 Å². The number of nitrogens with zero attached hydrogens (tertiary/aromatic N) is 1. The van der Waals surface area contributed by atoms with E-state index in [-0.39, 0.29) is 5.02 Å². The molecule has 0 fully saturated rings. The molecule has 1 rings (SSSR count). The van der Waals surface area contributed by atoms with Crippen molar-refractivity contribution in [2.45, 2.75) is 38.3 Å². The van der Waals surface area contributed by atoms with E-state index in [1.165, 1.54) is 19.2 Å². The number of nitrogens with one attached hydrogen (secondary N) is 2. The molecule has 1 amide bonds. The molecule has 0 atom stereocenters. The number of pyridine rings is 1. The normalized spacial score (nSPS) is 13.1. The van der Waals surface area contributed by atoms with Crippen LogP contribution in [0.4, 0.5) is 32.2 Å². The first-order valence-electron chi connectivity index (χ1n) is 6.62. The van der Waals surface area contributed by atoms with Gasteiger partial charge in [-0.3, -0.25) is 4.79 Å². The molecule has 0 aliphatic carbocycles. The molecule has 2 N–H and O–H groups in total. The van der Waals surface area contributed by atoms with Gasteiger partial charge in [0.2, 0.25) is 5.91 Å². The Morgan fingerprint density at radius 2 is 1.71 bits per heavy atom. The van der Waals surface area contributed by atoms with Gasteiger partial charge in [-0.05, 0) is 18.1 Å². The molecule has 0 aliphatic heterocycles. The molecule has 0 saturated heterocycles. The molecule has 0 spiro atoms. The molecule has 11 heteroatoms. The first-order chi connectivity index (χ1) is 10.8. The van der Waals surface area contributed by atoms with Gasteiger partial charge in [0.25, 0.3) is 0 Å². The molecule has 0 bridgehead atoms. The third-order valence-electron chi connectivity index (χ3n) is 2.81. The van der Waals surface area contributed by atoms with E-state index in [0.29, 0.717) is 0 Å². The van der Waals surface area contributed by atoms with Crippen LogP contribution >= 0.6 is 11.6 Å². The molecule has 0 aliphatic rings. The summed E-state index contributed by atoms with van der Waals surface area (Å²) in [5, 5.41) is 2.31. The van der Waals surface area contributed by atoms with Gasteiger partial charge < -0.3 is 10.6 Å². The summed E-state index contributed by atoms with van der Waals surface area (Å²) in [5.41, 5.74) is -4.67. The highest BCUT2D eigenvalue weighted by atomic mass is 35.5. The van der Waals surface area contributed by atoms with E-state index < -0.39 is 42.1 Å². The topological polar surface area (TPSA) is 54.0 Å². The second-order valence-corrected chi connectivity index (χ2v) is 5.81. The average molecular weight is 378 g/mol. The first kappa shape index (κ1) is 20.3. The smallest absolute Gasteiger partial charge is 0.332 e. The predicted molar refractivity (Wildman–Crippen MR) is 75.3 cm³/mol. The molecule has 1 heterocycles. The number of anilines is 1. The number of amides is 1. The second kappa shape index (κ2) is 7.04. The third kappa shape index (κ3) is 4.65. The van der Waals surface area contributed by atoms with Crippen LogP contribution in [0.15, 0.2) is 18.3 Å². The highest BCUT2D eigenvalue weighted by Gasteiger charge is 2.72. The predicted octanol–water partition coefficient (Wildman–Crippen LogP) is 4.13. The lowest BCUT2D eigenvalue weighted by atomic mass is 10.1. The maximum absolute atomic E-state index is 13.3. The molecule has 4 nitrogen and oxygen atoms in total. The van der Waals surface area contributed by atoms with Crippen LogP contribution in [0.3, 0.4) is 0 Å². The number of alkyl halides is 6. The zero-order valence-corrected chi connectivity index (χ0v) is 13.3. The van der Waals surface area contributed by atoms with Gasteiger partial charge in [0.05, 0.1) is 5.02 Å². The minimum Gasteiger partial charge on any atom is -0.332 e. The number of carbonyl (C=O) groups excluding carboxylic acids is 1. The van der Waals surface area contributed by atoms with Crippen LogP contribution in [0.25, 0.3) is 0 Å². The van der Waals surface area contributed by atoms with Crippen LogP contribution in [0.1, 0.15) is 20.3 Å². The molecule has 136 valence electrons. The molecule has 0 unspecified atom stereocenters. The fourth-order valence-electron chi connectivity index (χ4n) is 1.75. The Hall–Kier alpha value is -1.71. The van der Waals surface area contributed by atoms with E-state index in [4.69, 9.17) is 11.6 Å². The summed E-state index contributed by atoms with van der Waals surface area (Å²) in [4.78, 5) is 15.0. The van der Waals surface area contributed by atoms with Crippen molar-refractivity contribution in [3.63, 3.8) is 0 Å². The van der Waals surface area contributed by atoms with E-state index in [0.717, 1.165) is 23.6 Å². The summed E-state index contributed by atoms with van der Waals surface area (Å²) in [7, 11) is 0. The standard InChI is InChI=1S/C13H14ClF6N3O/c1-7(2)5-10(24)23-11(12(15,16)17,13(18,19)20)22-9-4-3-8(14)6-21-9/h3-4,6-7H,5H2,1-2H3,(H,21,22)(H,23,24). The van der Waals surface area contributed by atoms with Gasteiger partial charge in [0, 0.05) is 12.6 Å². The quantitative estimate of drug-likeness (QED) is 0.599. The minimum absolute atomic E-state index is 0.0222. The summed E-state index contributed by atoms with van der Waals surface area (Å²) >= 11 is 5.50. The number of aromatic nitrogens is 1. The molecule has 1 aromatic heterocycles. The highest BCUT2D eigenvalue weighted by molar-refractivity contribution is 6.30. The Balaban J connectivity index is 3.31. The van der Waals surface area contributed by atoms with Gasteiger partial charge >= 0.3 is 18.0 Å². The van der Waals surface area contributed by atoms with Crippen LogP contribution in [-0.4, -0.2) is 28.9 Å². The molecule has 0 aromatic carbocycles. The number of hydrogen-bond donors (Lipinski definition) is 2. The van der Waals surface area contributed by atoms with E-state index >= 15 is 0 Å². The van der Waals surface area contributed by atoms with Crippen molar-refractivity contribution in [1.29, 1.82) is 0 Å². The Kier molecular flexibility index (Phi) is 5.96. The van der Waals surface area contributed by atoms with E-state index in [1.807, 2.05) is 0 Å². The lowest BCUT2D eigenvalue weighted by Crippen LogP contribution is -2.72. The fourth-order valence-corrected chi connectivity index (χ4v) is 1.86. The van der Waals surface area contributed by atoms with Crippen molar-refractivity contribution < 1.29 is 31.1 Å². The lowest BCUT2D eigenvalue weighted by molar-refractivity contribution is -0.296. The minimum atomic E-state index is -5.88. The number of hydrogen-bond acceptors (Lipinski definition) is 3. The fraction of sp³-hybridized carbons (Fsp3) is 0.538. The summed E-state index contributed by atoms with van der Waals surface area (Å²) in [5.74, 6) is -2.59. The molecular weight excluding hydrogens is 364 g/mol. The van der Waals surface area contributed by atoms with Crippen molar-refractivity contribution in [3.8, 4) is 0 Å². The zero-order chi connectivity index (χ0) is 18.8. The van der Waals surface area contributed by atoms with Crippen molar-refractivity contribution in [3.05, 3.63) is 23.4 Å². The van der Waals surface area contributed by atoms with E-state index in [2.05, 4.69) is 4.98 Å². The van der Waals surface area contributed by atoms with Crippen LogP contribution in [0, 0.1) is 5.92 Å². The Morgan fingerprint density at radius 3 is 2.08 bits per heavy atom. The average Bonchev–Trinajstić information content (AvgIpc) is 2.36. The zero-order valence-electron chi connectivity index (χ0n) is 12.5. The monoisotopic (exact) mass is 377 g/mol. The molecular formula is C13H14ClF6N3O. The van der Waals surface area contributed by atoms with E-state index in [1.54, 1.807) is 0 Å². The van der Waals surface area contributed by atoms with Crippen LogP contribution in [0.5, 0.6) is 0 Å². The molecule has 24 heavy (non-hydrogen) atoms. The van der Waals surface area contributed by atoms with Gasteiger partial charge in [0.15, 0.2) is 0 Å². The SMILES string of the molecule is CC(C)CC(=O)NC(Nc1ccc(Cl)cn1)(C(F)(F)F)C(F)(F)F. The number of carbonyl (C=O) groups is 1. The van der Waals surface area contributed by atoms with Gasteiger partial charge in [-0.2, -0.15) is 26.3 Å². The van der Waals surface area contributed by atoms with Gasteiger partial charge in [-0.15, -0.1) is 0 Å². The van der Waals surface area contributed by atoms with E-state index in [9.17, 15) is 31.1 Å². The first-order valence-corrected chi connectivity index (χ1v) is 7.00. The summed E-state index contributed by atoms with van der Waals surface area (Å²) < 4.78 is 79.7. The van der Waals surface area contributed by atoms with Crippen molar-refractivity contribution >= 4 is 23.3 Å². The Morgan fingerprint density at radius 1 is 1.17 bits per heavy atom. The third-order valence-corrected chi connectivity index (χ3v) is 3.04. The maximum Gasteiger partial charge on any atom is 0.439 e. The highest BCUT2D eigenvalue weighted by Crippen LogP contribution is 2.43. The molecule has 1 aromatic rings. The summed E-state index contributed by atoms with van der Waals surface area (Å²) in [6, 6.07) is 1.90. The molecule has 0 radical (unpaired) electrons. The Labute approximate surface area is 138 Å². The second-order valence-electron chi connectivity index (χ2n) is 5.38. The molecule has 0 saturated carbocycles. The summed E-state index contributed by atoms with van der Waals surface area (Å²) in [6.45, 7) is 2.97. The van der Waals surface area contributed by atoms with Crippen LogP contribution < -0.4 is 10.6 Å². The van der Waals surface area contributed by atoms with Gasteiger partial charge in [0.1, 0.15) is 5.82 Å². The Bertz CT molecular complexity index is 557. The summed E-state index contributed by atoms with van der Waals surface area (Å²) in [6.07, 6.45) is -11.4. The van der Waals surface area contributed by atoms with Crippen LogP contribution in [-0.2, 0) is 4.79 Å². The van der Waals surface area contributed by atoms with Gasteiger partial charge in [-0.1, -0.05) is 25.4 Å². The van der Waals surface area contributed by atoms with Gasteiger partial charge in [-0.25, -0.2) is 4.98 Å².